The van der Waals surface area contributed by atoms with Crippen molar-refractivity contribution >= 4 is 11.9 Å². The summed E-state index contributed by atoms with van der Waals surface area (Å²) in [5.74, 6) is -1.17. The first-order chi connectivity index (χ1) is 8.08. The van der Waals surface area contributed by atoms with Gasteiger partial charge in [0.05, 0.1) is 30.7 Å². The van der Waals surface area contributed by atoms with Gasteiger partial charge in [-0.05, 0) is 12.8 Å². The number of carbonyl (C=O) groups excluding carboxylic acids is 1. The Morgan fingerprint density at radius 3 is 2.88 bits per heavy atom. The monoisotopic (exact) mass is 237 g/mol. The highest BCUT2D eigenvalue weighted by Gasteiger charge is 2.29. The molecule has 1 aromatic heterocycles. The first-order valence-corrected chi connectivity index (χ1v) is 5.58. The number of hydrogen-bond acceptors (Lipinski definition) is 3. The summed E-state index contributed by atoms with van der Waals surface area (Å²) in [5, 5.41) is 11.5. The van der Waals surface area contributed by atoms with E-state index in [1.165, 1.54) is 6.92 Å². The number of carboxylic acids is 1. The minimum absolute atomic E-state index is 0.127. The van der Waals surface area contributed by atoms with Crippen molar-refractivity contribution in [3.63, 3.8) is 0 Å². The molecule has 1 fully saturated rings. The number of aromatic nitrogens is 2. The van der Waals surface area contributed by atoms with Crippen LogP contribution in [0.1, 0.15) is 44.0 Å². The fraction of sp³-hybridized carbons (Fsp3) is 0.545. The lowest BCUT2D eigenvalue weighted by molar-refractivity contribution is -0.137. The molecule has 17 heavy (non-hydrogen) atoms. The Kier molecular flexibility index (Phi) is 3.12. The molecule has 0 aliphatic heterocycles. The van der Waals surface area contributed by atoms with Gasteiger partial charge >= 0.3 is 5.97 Å². The topological polar surface area (TPSA) is 84.2 Å². The molecule has 1 unspecified atom stereocenters. The molecule has 1 aliphatic carbocycles. The molecule has 92 valence electrons. The van der Waals surface area contributed by atoms with Crippen LogP contribution in [0.2, 0.25) is 0 Å². The summed E-state index contributed by atoms with van der Waals surface area (Å²) in [7, 11) is 0. The largest absolute Gasteiger partial charge is 0.481 e. The Morgan fingerprint density at radius 1 is 1.65 bits per heavy atom. The second-order valence-corrected chi connectivity index (χ2v) is 4.31. The number of carboxylic acid groups (broad SMARTS) is 1. The Hall–Kier alpha value is -1.85. The van der Waals surface area contributed by atoms with Gasteiger partial charge in [0.2, 0.25) is 5.91 Å². The van der Waals surface area contributed by atoms with Crippen LogP contribution in [0.25, 0.3) is 0 Å². The Bertz CT molecular complexity index is 421. The Labute approximate surface area is 98.7 Å². The second-order valence-electron chi connectivity index (χ2n) is 4.31. The van der Waals surface area contributed by atoms with Crippen molar-refractivity contribution in [2.24, 2.45) is 0 Å². The first kappa shape index (κ1) is 11.6. The average Bonchev–Trinajstić information content (AvgIpc) is 2.94. The summed E-state index contributed by atoms with van der Waals surface area (Å²) in [6.07, 6.45) is 5.37. The maximum Gasteiger partial charge on any atom is 0.305 e. The summed E-state index contributed by atoms with van der Waals surface area (Å²) in [4.78, 5) is 25.9. The standard InChI is InChI=1S/C11H15N3O3/c1-7(15)13-9(4-11(16)17)10-5-12-6-14(10)8-2-3-8/h5-6,8-9H,2-4H2,1H3,(H,13,15)(H,16,17). The van der Waals surface area contributed by atoms with E-state index in [9.17, 15) is 9.59 Å². The first-order valence-electron chi connectivity index (χ1n) is 5.58. The van der Waals surface area contributed by atoms with Crippen molar-refractivity contribution in [2.45, 2.75) is 38.3 Å². The molecule has 2 N–H and O–H groups in total. The minimum Gasteiger partial charge on any atom is -0.481 e. The second kappa shape index (κ2) is 4.57. The lowest BCUT2D eigenvalue weighted by atomic mass is 10.1. The van der Waals surface area contributed by atoms with Gasteiger partial charge in [0.15, 0.2) is 0 Å². The van der Waals surface area contributed by atoms with Gasteiger partial charge in [-0.15, -0.1) is 0 Å². The van der Waals surface area contributed by atoms with Crippen molar-refractivity contribution in [3.05, 3.63) is 18.2 Å². The number of amides is 1. The van der Waals surface area contributed by atoms with Crippen LogP contribution >= 0.6 is 0 Å². The van der Waals surface area contributed by atoms with Crippen LogP contribution in [0.4, 0.5) is 0 Å². The van der Waals surface area contributed by atoms with Gasteiger partial charge in [-0.2, -0.15) is 0 Å². The Morgan fingerprint density at radius 2 is 2.35 bits per heavy atom. The number of hydrogen-bond donors (Lipinski definition) is 2. The molecule has 1 saturated carbocycles. The highest BCUT2D eigenvalue weighted by molar-refractivity contribution is 5.75. The number of aliphatic carboxylic acids is 1. The molecule has 2 rings (SSSR count). The van der Waals surface area contributed by atoms with E-state index >= 15 is 0 Å². The summed E-state index contributed by atoms with van der Waals surface area (Å²) in [5.41, 5.74) is 0.769. The van der Waals surface area contributed by atoms with Crippen molar-refractivity contribution < 1.29 is 14.7 Å². The van der Waals surface area contributed by atoms with Gasteiger partial charge in [-0.25, -0.2) is 4.98 Å². The van der Waals surface area contributed by atoms with Gasteiger partial charge in [0.1, 0.15) is 0 Å². The van der Waals surface area contributed by atoms with Gasteiger partial charge in [0, 0.05) is 13.0 Å². The van der Waals surface area contributed by atoms with Crippen molar-refractivity contribution in [1.82, 2.24) is 14.9 Å². The minimum atomic E-state index is -0.938. The van der Waals surface area contributed by atoms with E-state index in [4.69, 9.17) is 5.11 Å². The maximum absolute atomic E-state index is 11.1. The molecular weight excluding hydrogens is 222 g/mol. The van der Waals surface area contributed by atoms with Gasteiger partial charge < -0.3 is 15.0 Å². The molecule has 1 aliphatic rings. The van der Waals surface area contributed by atoms with E-state index in [0.717, 1.165) is 18.5 Å². The number of imidazole rings is 1. The fourth-order valence-electron chi connectivity index (χ4n) is 1.89. The smallest absolute Gasteiger partial charge is 0.305 e. The van der Waals surface area contributed by atoms with Crippen LogP contribution in [-0.4, -0.2) is 26.5 Å². The fourth-order valence-corrected chi connectivity index (χ4v) is 1.89. The summed E-state index contributed by atoms with van der Waals surface area (Å²) >= 11 is 0. The van der Waals surface area contributed by atoms with Crippen molar-refractivity contribution in [3.8, 4) is 0 Å². The molecule has 1 amide bonds. The number of nitrogens with zero attached hydrogens (tertiary/aromatic N) is 2. The van der Waals surface area contributed by atoms with E-state index in [0.29, 0.717) is 6.04 Å². The SMILES string of the molecule is CC(=O)NC(CC(=O)O)c1cncn1C1CC1. The molecule has 6 heteroatoms. The zero-order valence-corrected chi connectivity index (χ0v) is 9.59. The molecular formula is C11H15N3O3. The molecule has 0 bridgehead atoms. The molecule has 1 atom stereocenters. The van der Waals surface area contributed by atoms with Crippen LogP contribution < -0.4 is 5.32 Å². The third kappa shape index (κ3) is 2.83. The predicted molar refractivity (Wildman–Crippen MR) is 59.3 cm³/mol. The number of rotatable bonds is 5. The van der Waals surface area contributed by atoms with Crippen molar-refractivity contribution in [2.75, 3.05) is 0 Å². The zero-order valence-electron chi connectivity index (χ0n) is 9.59. The van der Waals surface area contributed by atoms with E-state index in [-0.39, 0.29) is 12.3 Å². The van der Waals surface area contributed by atoms with E-state index in [1.807, 2.05) is 4.57 Å². The lowest BCUT2D eigenvalue weighted by Crippen LogP contribution is -2.29. The van der Waals surface area contributed by atoms with E-state index < -0.39 is 12.0 Å². The molecule has 6 nitrogen and oxygen atoms in total. The van der Waals surface area contributed by atoms with E-state index in [1.54, 1.807) is 12.5 Å². The van der Waals surface area contributed by atoms with Crippen molar-refractivity contribution in [1.29, 1.82) is 0 Å². The zero-order chi connectivity index (χ0) is 12.4. The van der Waals surface area contributed by atoms with Gasteiger partial charge in [-0.3, -0.25) is 9.59 Å². The molecule has 0 saturated heterocycles. The third-order valence-corrected chi connectivity index (χ3v) is 2.75. The predicted octanol–water partition coefficient (Wildman–Crippen LogP) is 0.870. The third-order valence-electron chi connectivity index (χ3n) is 2.75. The van der Waals surface area contributed by atoms with Crippen LogP contribution in [0, 0.1) is 0 Å². The summed E-state index contributed by atoms with van der Waals surface area (Å²) in [6.45, 7) is 1.38. The van der Waals surface area contributed by atoms with Crippen LogP contribution in [0.15, 0.2) is 12.5 Å². The summed E-state index contributed by atoms with van der Waals surface area (Å²) < 4.78 is 1.96. The maximum atomic E-state index is 11.1. The lowest BCUT2D eigenvalue weighted by Gasteiger charge is -2.17. The van der Waals surface area contributed by atoms with Gasteiger partial charge in [-0.1, -0.05) is 0 Å². The molecule has 1 heterocycles. The van der Waals surface area contributed by atoms with Gasteiger partial charge in [0.25, 0.3) is 0 Å². The van der Waals surface area contributed by atoms with Crippen LogP contribution in [-0.2, 0) is 9.59 Å². The van der Waals surface area contributed by atoms with Crippen LogP contribution in [0.3, 0.4) is 0 Å². The normalized spacial score (nSPS) is 16.5. The molecule has 1 aromatic rings. The highest BCUT2D eigenvalue weighted by Crippen LogP contribution is 2.37. The Balaban J connectivity index is 2.20. The molecule has 0 radical (unpaired) electrons. The number of nitrogens with one attached hydrogen (secondary N) is 1. The van der Waals surface area contributed by atoms with E-state index in [2.05, 4.69) is 10.3 Å². The highest BCUT2D eigenvalue weighted by atomic mass is 16.4. The molecule has 0 spiro atoms. The molecule has 0 aromatic carbocycles. The summed E-state index contributed by atoms with van der Waals surface area (Å²) in [6, 6.07) is -0.0920. The quantitative estimate of drug-likeness (QED) is 0.795. The van der Waals surface area contributed by atoms with Crippen LogP contribution in [0.5, 0.6) is 0 Å². The average molecular weight is 237 g/mol. The number of carbonyl (C=O) groups is 2.